The van der Waals surface area contributed by atoms with Crippen molar-refractivity contribution in [2.75, 3.05) is 18.0 Å². The number of H-pyrrole nitrogens is 1. The van der Waals surface area contributed by atoms with Crippen molar-refractivity contribution in [3.8, 4) is 0 Å². The number of amides is 1. The van der Waals surface area contributed by atoms with E-state index in [4.69, 9.17) is 23.2 Å². The molecule has 1 saturated heterocycles. The van der Waals surface area contributed by atoms with Gasteiger partial charge in [0.05, 0.1) is 20.6 Å². The minimum absolute atomic E-state index is 0. The van der Waals surface area contributed by atoms with Crippen LogP contribution < -0.4 is 14.9 Å². The van der Waals surface area contributed by atoms with Crippen LogP contribution in [0.1, 0.15) is 17.5 Å². The van der Waals surface area contributed by atoms with E-state index in [0.29, 0.717) is 34.2 Å². The summed E-state index contributed by atoms with van der Waals surface area (Å²) < 4.78 is 28.4. The molecule has 1 amide bonds. The molecular formula is C21H21Cl3N4O3S. The molecule has 2 aliphatic heterocycles. The van der Waals surface area contributed by atoms with E-state index in [9.17, 15) is 13.2 Å². The van der Waals surface area contributed by atoms with Gasteiger partial charge in [0, 0.05) is 30.2 Å². The second kappa shape index (κ2) is 8.85. The number of aromatic nitrogens is 1. The van der Waals surface area contributed by atoms with E-state index in [0.717, 1.165) is 36.0 Å². The molecule has 1 aromatic heterocycles. The maximum Gasteiger partial charge on any atom is 0.245 e. The number of fused-ring (bicyclic) bond motifs is 2. The van der Waals surface area contributed by atoms with Crippen molar-refractivity contribution >= 4 is 68.1 Å². The molecule has 32 heavy (non-hydrogen) atoms. The molecule has 2 aromatic carbocycles. The lowest BCUT2D eigenvalue weighted by Gasteiger charge is -2.23. The predicted octanol–water partition coefficient (Wildman–Crippen LogP) is 3.63. The van der Waals surface area contributed by atoms with E-state index in [1.165, 1.54) is 12.1 Å². The molecule has 2 aliphatic rings. The summed E-state index contributed by atoms with van der Waals surface area (Å²) in [6.07, 6.45) is 2.83. The Morgan fingerprint density at radius 3 is 2.72 bits per heavy atom. The van der Waals surface area contributed by atoms with E-state index < -0.39 is 16.1 Å². The summed E-state index contributed by atoms with van der Waals surface area (Å²) in [7, 11) is -3.89. The number of benzene rings is 2. The van der Waals surface area contributed by atoms with Crippen LogP contribution in [0.5, 0.6) is 0 Å². The first-order valence-electron chi connectivity index (χ1n) is 9.96. The van der Waals surface area contributed by atoms with Crippen molar-refractivity contribution in [1.82, 2.24) is 15.0 Å². The molecule has 5 rings (SSSR count). The molecule has 0 spiro atoms. The lowest BCUT2D eigenvalue weighted by molar-refractivity contribution is -0.118. The van der Waals surface area contributed by atoms with Gasteiger partial charge in [-0.3, -0.25) is 4.79 Å². The van der Waals surface area contributed by atoms with Gasteiger partial charge in [0.25, 0.3) is 0 Å². The number of carbonyl (C=O) groups is 1. The van der Waals surface area contributed by atoms with Gasteiger partial charge < -0.3 is 15.2 Å². The molecule has 0 bridgehead atoms. The largest absolute Gasteiger partial charge is 0.360 e. The SMILES string of the molecule is Cl.O=C1[C@@H](NS(=O)(=O)c2ccc3c(Cl)c[nH]c3c2)CCN1c1cc2c(cc1Cl)CNCC2. The highest BCUT2D eigenvalue weighted by Gasteiger charge is 2.37. The highest BCUT2D eigenvalue weighted by Crippen LogP contribution is 2.34. The van der Waals surface area contributed by atoms with Gasteiger partial charge in [0.15, 0.2) is 0 Å². The van der Waals surface area contributed by atoms with E-state index in [2.05, 4.69) is 15.0 Å². The fourth-order valence-electron chi connectivity index (χ4n) is 4.22. The molecule has 170 valence electrons. The zero-order chi connectivity index (χ0) is 21.8. The van der Waals surface area contributed by atoms with Crippen LogP contribution in [-0.2, 0) is 27.8 Å². The van der Waals surface area contributed by atoms with Gasteiger partial charge in [-0.1, -0.05) is 23.2 Å². The van der Waals surface area contributed by atoms with Gasteiger partial charge >= 0.3 is 0 Å². The Bertz CT molecular complexity index is 1310. The Morgan fingerprint density at radius 2 is 1.91 bits per heavy atom. The fourth-order valence-corrected chi connectivity index (χ4v) is 5.97. The summed E-state index contributed by atoms with van der Waals surface area (Å²) in [6, 6.07) is 7.63. The second-order valence-electron chi connectivity index (χ2n) is 7.80. The highest BCUT2D eigenvalue weighted by atomic mass is 35.5. The van der Waals surface area contributed by atoms with Gasteiger partial charge in [-0.15, -0.1) is 12.4 Å². The molecule has 0 aliphatic carbocycles. The summed E-state index contributed by atoms with van der Waals surface area (Å²) >= 11 is 12.5. The van der Waals surface area contributed by atoms with Crippen molar-refractivity contribution < 1.29 is 13.2 Å². The molecule has 0 saturated carbocycles. The van der Waals surface area contributed by atoms with Crippen molar-refractivity contribution in [2.24, 2.45) is 0 Å². The Morgan fingerprint density at radius 1 is 1.09 bits per heavy atom. The summed E-state index contributed by atoms with van der Waals surface area (Å²) in [6.45, 7) is 2.02. The number of rotatable bonds is 4. The smallest absolute Gasteiger partial charge is 0.245 e. The first-order chi connectivity index (χ1) is 14.8. The van der Waals surface area contributed by atoms with Crippen LogP contribution in [0.25, 0.3) is 10.9 Å². The Labute approximate surface area is 201 Å². The average molecular weight is 516 g/mol. The standard InChI is InChI=1S/C21H20Cl2N4O3S.ClH/c22-16-7-13-10-24-5-3-12(13)8-20(16)27-6-4-18(21(27)28)26-31(29,30)14-1-2-15-17(23)11-25-19(15)9-14;/h1-2,7-9,11,18,24-26H,3-6,10H2;1H/t18-;/m0./s1. The number of hydrogen-bond donors (Lipinski definition) is 3. The number of anilines is 1. The highest BCUT2D eigenvalue weighted by molar-refractivity contribution is 7.89. The molecule has 1 atom stereocenters. The minimum Gasteiger partial charge on any atom is -0.360 e. The van der Waals surface area contributed by atoms with Gasteiger partial charge in [0.2, 0.25) is 15.9 Å². The van der Waals surface area contributed by atoms with Crippen LogP contribution in [0.15, 0.2) is 41.4 Å². The van der Waals surface area contributed by atoms with Gasteiger partial charge in [-0.25, -0.2) is 8.42 Å². The van der Waals surface area contributed by atoms with Gasteiger partial charge in [-0.2, -0.15) is 4.72 Å². The molecule has 3 aromatic rings. The van der Waals surface area contributed by atoms with E-state index in [-0.39, 0.29) is 23.2 Å². The molecule has 11 heteroatoms. The molecule has 7 nitrogen and oxygen atoms in total. The van der Waals surface area contributed by atoms with Gasteiger partial charge in [-0.05, 0) is 60.8 Å². The van der Waals surface area contributed by atoms with Crippen LogP contribution >= 0.6 is 35.6 Å². The molecule has 3 N–H and O–H groups in total. The lowest BCUT2D eigenvalue weighted by Crippen LogP contribution is -2.41. The molecular weight excluding hydrogens is 495 g/mol. The minimum atomic E-state index is -3.89. The van der Waals surface area contributed by atoms with Crippen LogP contribution in [0.4, 0.5) is 5.69 Å². The molecule has 3 heterocycles. The Hall–Kier alpha value is -1.81. The third kappa shape index (κ3) is 4.11. The number of nitrogens with zero attached hydrogens (tertiary/aromatic N) is 1. The summed E-state index contributed by atoms with van der Waals surface area (Å²) in [5, 5.41) is 5.05. The first kappa shape index (κ1) is 23.4. The monoisotopic (exact) mass is 514 g/mol. The average Bonchev–Trinajstić information content (AvgIpc) is 3.30. The zero-order valence-corrected chi connectivity index (χ0v) is 20.0. The van der Waals surface area contributed by atoms with E-state index in [1.54, 1.807) is 17.2 Å². The van der Waals surface area contributed by atoms with Crippen molar-refractivity contribution in [2.45, 2.75) is 30.3 Å². The molecule has 1 fully saturated rings. The Kier molecular flexibility index (Phi) is 6.46. The van der Waals surface area contributed by atoms with Gasteiger partial charge in [0.1, 0.15) is 6.04 Å². The number of aromatic amines is 1. The fraction of sp³-hybridized carbons (Fsp3) is 0.286. The number of carbonyl (C=O) groups excluding carboxylic acids is 1. The summed E-state index contributed by atoms with van der Waals surface area (Å²) in [5.41, 5.74) is 3.54. The molecule has 0 unspecified atom stereocenters. The van der Waals surface area contributed by atoms with Crippen LogP contribution in [0.3, 0.4) is 0 Å². The van der Waals surface area contributed by atoms with E-state index in [1.807, 2.05) is 12.1 Å². The third-order valence-corrected chi connectivity index (χ3v) is 7.95. The maximum absolute atomic E-state index is 13.1. The normalized spacial score (nSPS) is 18.6. The third-order valence-electron chi connectivity index (χ3n) is 5.86. The number of nitrogens with one attached hydrogen (secondary N) is 3. The zero-order valence-electron chi connectivity index (χ0n) is 16.8. The predicted molar refractivity (Wildman–Crippen MR) is 128 cm³/mol. The first-order valence-corrected chi connectivity index (χ1v) is 12.2. The summed E-state index contributed by atoms with van der Waals surface area (Å²) in [4.78, 5) is 17.6. The maximum atomic E-state index is 13.1. The topological polar surface area (TPSA) is 94.3 Å². The Balaban J connectivity index is 0.00000245. The van der Waals surface area contributed by atoms with Crippen LogP contribution in [0.2, 0.25) is 10.0 Å². The lowest BCUT2D eigenvalue weighted by atomic mass is 10.00. The summed E-state index contributed by atoms with van der Waals surface area (Å²) in [5.74, 6) is -0.302. The number of sulfonamides is 1. The quantitative estimate of drug-likeness (QED) is 0.495. The number of halogens is 3. The van der Waals surface area contributed by atoms with Crippen molar-refractivity contribution in [3.05, 3.63) is 57.7 Å². The second-order valence-corrected chi connectivity index (χ2v) is 10.3. The molecule has 0 radical (unpaired) electrons. The van der Waals surface area contributed by atoms with Crippen LogP contribution in [-0.4, -0.2) is 38.4 Å². The van der Waals surface area contributed by atoms with Crippen LogP contribution in [0, 0.1) is 0 Å². The number of hydrogen-bond acceptors (Lipinski definition) is 4. The van der Waals surface area contributed by atoms with Crippen molar-refractivity contribution in [1.29, 1.82) is 0 Å². The van der Waals surface area contributed by atoms with Crippen molar-refractivity contribution in [3.63, 3.8) is 0 Å². The van der Waals surface area contributed by atoms with E-state index >= 15 is 0 Å².